The second-order valence-corrected chi connectivity index (χ2v) is 7.05. The van der Waals surface area contributed by atoms with Crippen LogP contribution in [0.3, 0.4) is 0 Å². The van der Waals surface area contributed by atoms with Crippen LogP contribution < -0.4 is 0 Å². The Kier molecular flexibility index (Phi) is 4.68. The average Bonchev–Trinajstić information content (AvgIpc) is 2.60. The van der Waals surface area contributed by atoms with Crippen LogP contribution >= 0.6 is 0 Å². The summed E-state index contributed by atoms with van der Waals surface area (Å²) in [5, 5.41) is 0. The van der Waals surface area contributed by atoms with Gasteiger partial charge in [-0.3, -0.25) is 9.59 Å². The summed E-state index contributed by atoms with van der Waals surface area (Å²) in [6.07, 6.45) is 2.19. The first kappa shape index (κ1) is 17.9. The van der Waals surface area contributed by atoms with Crippen molar-refractivity contribution < 1.29 is 19.1 Å². The van der Waals surface area contributed by atoms with Crippen molar-refractivity contribution in [3.8, 4) is 0 Å². The monoisotopic (exact) mass is 350 g/mol. The summed E-state index contributed by atoms with van der Waals surface area (Å²) < 4.78 is 10.9. The SMILES string of the molecule is C=Cc1ccc(CC2(Cc3ccccc3)C(=O)OC(C)(C)OC2=O)cc1. The summed E-state index contributed by atoms with van der Waals surface area (Å²) in [5.74, 6) is -2.34. The summed E-state index contributed by atoms with van der Waals surface area (Å²) in [7, 11) is 0. The van der Waals surface area contributed by atoms with Gasteiger partial charge in [0.25, 0.3) is 5.79 Å². The zero-order valence-electron chi connectivity index (χ0n) is 15.0. The van der Waals surface area contributed by atoms with Crippen LogP contribution in [0.15, 0.2) is 61.2 Å². The van der Waals surface area contributed by atoms with E-state index in [2.05, 4.69) is 6.58 Å². The van der Waals surface area contributed by atoms with Gasteiger partial charge in [-0.05, 0) is 29.5 Å². The summed E-state index contributed by atoms with van der Waals surface area (Å²) in [6.45, 7) is 6.86. The molecule has 0 amide bonds. The van der Waals surface area contributed by atoms with Gasteiger partial charge in [-0.1, -0.05) is 67.3 Å². The molecule has 26 heavy (non-hydrogen) atoms. The molecule has 0 unspecified atom stereocenters. The van der Waals surface area contributed by atoms with Crippen molar-refractivity contribution in [1.82, 2.24) is 0 Å². The Morgan fingerprint density at radius 2 is 1.35 bits per heavy atom. The van der Waals surface area contributed by atoms with Gasteiger partial charge in [0.2, 0.25) is 0 Å². The molecule has 0 atom stereocenters. The highest BCUT2D eigenvalue weighted by molar-refractivity contribution is 6.02. The van der Waals surface area contributed by atoms with Crippen molar-refractivity contribution in [2.75, 3.05) is 0 Å². The minimum Gasteiger partial charge on any atom is -0.422 e. The van der Waals surface area contributed by atoms with E-state index in [0.717, 1.165) is 16.7 Å². The normalized spacial score (nSPS) is 17.9. The molecule has 1 heterocycles. The predicted octanol–water partition coefficient (Wildman–Crippen LogP) is 3.94. The number of esters is 2. The third kappa shape index (κ3) is 3.54. The molecule has 1 saturated heterocycles. The van der Waals surface area contributed by atoms with Gasteiger partial charge in [0.1, 0.15) is 0 Å². The molecule has 4 nitrogen and oxygen atoms in total. The first-order valence-electron chi connectivity index (χ1n) is 8.57. The second kappa shape index (κ2) is 6.79. The Labute approximate surface area is 153 Å². The lowest BCUT2D eigenvalue weighted by molar-refractivity contribution is -0.251. The van der Waals surface area contributed by atoms with Crippen LogP contribution in [0.5, 0.6) is 0 Å². The standard InChI is InChI=1S/C22H22O4/c1-4-16-10-12-18(13-11-16)15-22(14-17-8-6-5-7-9-17)19(23)25-21(2,3)26-20(22)24/h4-13H,1,14-15H2,2-3H3. The Balaban J connectivity index is 1.99. The number of hydrogen-bond donors (Lipinski definition) is 0. The van der Waals surface area contributed by atoms with Crippen molar-refractivity contribution in [1.29, 1.82) is 0 Å². The fourth-order valence-electron chi connectivity index (χ4n) is 3.16. The Bertz CT molecular complexity index is 799. The third-order valence-electron chi connectivity index (χ3n) is 4.53. The highest BCUT2D eigenvalue weighted by atomic mass is 16.7. The molecule has 1 aliphatic heterocycles. The lowest BCUT2D eigenvalue weighted by Gasteiger charge is -2.40. The number of ether oxygens (including phenoxy) is 2. The topological polar surface area (TPSA) is 52.6 Å². The number of carbonyl (C=O) groups is 2. The Morgan fingerprint density at radius 3 is 1.85 bits per heavy atom. The summed E-state index contributed by atoms with van der Waals surface area (Å²) >= 11 is 0. The van der Waals surface area contributed by atoms with E-state index in [1.807, 2.05) is 54.6 Å². The molecule has 0 saturated carbocycles. The van der Waals surface area contributed by atoms with Crippen LogP contribution in [0.1, 0.15) is 30.5 Å². The van der Waals surface area contributed by atoms with Crippen LogP contribution in [0.25, 0.3) is 6.08 Å². The lowest BCUT2D eigenvalue weighted by atomic mass is 9.75. The summed E-state index contributed by atoms with van der Waals surface area (Å²) in [4.78, 5) is 25.9. The molecule has 1 aliphatic rings. The fourth-order valence-corrected chi connectivity index (χ4v) is 3.16. The second-order valence-electron chi connectivity index (χ2n) is 7.05. The molecule has 0 aromatic heterocycles. The minimum atomic E-state index is -1.40. The van der Waals surface area contributed by atoms with Gasteiger partial charge in [0.15, 0.2) is 5.41 Å². The fraction of sp³-hybridized carbons (Fsp3) is 0.273. The first-order valence-corrected chi connectivity index (χ1v) is 8.57. The van der Waals surface area contributed by atoms with Crippen LogP contribution in [0.4, 0.5) is 0 Å². The Morgan fingerprint density at radius 1 is 0.846 bits per heavy atom. The zero-order chi connectivity index (χ0) is 18.8. The molecule has 0 radical (unpaired) electrons. The molecular formula is C22H22O4. The zero-order valence-corrected chi connectivity index (χ0v) is 15.0. The van der Waals surface area contributed by atoms with E-state index in [4.69, 9.17) is 9.47 Å². The predicted molar refractivity (Wildman–Crippen MR) is 99.1 cm³/mol. The van der Waals surface area contributed by atoms with E-state index in [1.165, 1.54) is 0 Å². The molecule has 0 aliphatic carbocycles. The highest BCUT2D eigenvalue weighted by Gasteiger charge is 2.56. The first-order chi connectivity index (χ1) is 12.3. The van der Waals surface area contributed by atoms with Gasteiger partial charge in [0, 0.05) is 13.8 Å². The molecule has 2 aromatic rings. The van der Waals surface area contributed by atoms with E-state index >= 15 is 0 Å². The number of rotatable bonds is 5. The van der Waals surface area contributed by atoms with Crippen LogP contribution in [0.2, 0.25) is 0 Å². The highest BCUT2D eigenvalue weighted by Crippen LogP contribution is 2.38. The van der Waals surface area contributed by atoms with Crippen molar-refractivity contribution in [2.45, 2.75) is 32.5 Å². The lowest BCUT2D eigenvalue weighted by Crippen LogP contribution is -2.56. The maximum atomic E-state index is 12.9. The largest absolute Gasteiger partial charge is 0.422 e. The van der Waals surface area contributed by atoms with E-state index in [0.29, 0.717) is 0 Å². The molecule has 0 bridgehead atoms. The van der Waals surface area contributed by atoms with Crippen LogP contribution in [0, 0.1) is 5.41 Å². The number of carbonyl (C=O) groups excluding carboxylic acids is 2. The molecule has 134 valence electrons. The molecular weight excluding hydrogens is 328 g/mol. The summed E-state index contributed by atoms with van der Waals surface area (Å²) in [6, 6.07) is 17.0. The quantitative estimate of drug-likeness (QED) is 0.605. The molecule has 0 N–H and O–H groups in total. The maximum absolute atomic E-state index is 12.9. The molecule has 3 rings (SSSR count). The van der Waals surface area contributed by atoms with Gasteiger partial charge in [-0.2, -0.15) is 0 Å². The van der Waals surface area contributed by atoms with Crippen LogP contribution in [-0.2, 0) is 31.9 Å². The average molecular weight is 350 g/mol. The van der Waals surface area contributed by atoms with Crippen molar-refractivity contribution >= 4 is 18.0 Å². The number of cyclic esters (lactones) is 2. The van der Waals surface area contributed by atoms with E-state index in [9.17, 15) is 9.59 Å². The van der Waals surface area contributed by atoms with Gasteiger partial charge >= 0.3 is 11.9 Å². The minimum absolute atomic E-state index is 0.215. The molecule has 1 fully saturated rings. The molecule has 0 spiro atoms. The van der Waals surface area contributed by atoms with Crippen molar-refractivity contribution in [2.24, 2.45) is 5.41 Å². The number of benzene rings is 2. The van der Waals surface area contributed by atoms with E-state index < -0.39 is 23.1 Å². The smallest absolute Gasteiger partial charge is 0.327 e. The van der Waals surface area contributed by atoms with Gasteiger partial charge < -0.3 is 9.47 Å². The van der Waals surface area contributed by atoms with Gasteiger partial charge in [-0.15, -0.1) is 0 Å². The molecule has 4 heteroatoms. The Hall–Kier alpha value is -2.88. The third-order valence-corrected chi connectivity index (χ3v) is 4.53. The number of hydrogen-bond acceptors (Lipinski definition) is 4. The summed E-state index contributed by atoms with van der Waals surface area (Å²) in [5.41, 5.74) is 1.32. The van der Waals surface area contributed by atoms with Crippen LogP contribution in [-0.4, -0.2) is 17.7 Å². The van der Waals surface area contributed by atoms with E-state index in [1.54, 1.807) is 19.9 Å². The van der Waals surface area contributed by atoms with Gasteiger partial charge in [-0.25, -0.2) is 0 Å². The van der Waals surface area contributed by atoms with Crippen molar-refractivity contribution in [3.63, 3.8) is 0 Å². The van der Waals surface area contributed by atoms with Gasteiger partial charge in [0.05, 0.1) is 0 Å². The molecule has 2 aromatic carbocycles. The maximum Gasteiger partial charge on any atom is 0.327 e. The van der Waals surface area contributed by atoms with Crippen molar-refractivity contribution in [3.05, 3.63) is 77.9 Å². The van der Waals surface area contributed by atoms with E-state index in [-0.39, 0.29) is 12.8 Å².